The highest BCUT2D eigenvalue weighted by molar-refractivity contribution is 5.99. The Balaban J connectivity index is 1.62. The van der Waals surface area contributed by atoms with Crippen LogP contribution in [0.5, 0.6) is 0 Å². The summed E-state index contributed by atoms with van der Waals surface area (Å²) in [5.74, 6) is 0.818. The average molecular weight is 360 g/mol. The summed E-state index contributed by atoms with van der Waals surface area (Å²) in [4.78, 5) is 24.1. The third-order valence-electron chi connectivity index (χ3n) is 5.21. The molecule has 0 bridgehead atoms. The molecule has 0 unspecified atom stereocenters. The Bertz CT molecular complexity index is 935. The van der Waals surface area contributed by atoms with Crippen LogP contribution in [0.1, 0.15) is 37.7 Å². The van der Waals surface area contributed by atoms with E-state index < -0.39 is 0 Å². The van der Waals surface area contributed by atoms with E-state index in [1.54, 1.807) is 6.33 Å². The second-order valence-electron chi connectivity index (χ2n) is 6.98. The summed E-state index contributed by atoms with van der Waals surface area (Å²) in [5, 5.41) is 4.08. The van der Waals surface area contributed by atoms with Gasteiger partial charge in [0.1, 0.15) is 12.1 Å². The van der Waals surface area contributed by atoms with Gasteiger partial charge in [0.25, 0.3) is 0 Å². The molecule has 1 aromatic heterocycles. The first-order valence-electron chi connectivity index (χ1n) is 9.62. The van der Waals surface area contributed by atoms with Gasteiger partial charge in [0, 0.05) is 24.2 Å². The van der Waals surface area contributed by atoms with Crippen LogP contribution in [-0.4, -0.2) is 29.0 Å². The highest BCUT2D eigenvalue weighted by Gasteiger charge is 2.20. The van der Waals surface area contributed by atoms with Gasteiger partial charge in [-0.2, -0.15) is 0 Å². The van der Waals surface area contributed by atoms with E-state index in [0.717, 1.165) is 47.5 Å². The SMILES string of the molecule is CC[C@H](C(=O)Nc1ccc2ncnc(N3CCCC3)c2c1)c1ccccc1. The van der Waals surface area contributed by atoms with Crippen LogP contribution in [0.15, 0.2) is 54.9 Å². The van der Waals surface area contributed by atoms with Crippen molar-refractivity contribution in [2.45, 2.75) is 32.1 Å². The van der Waals surface area contributed by atoms with Crippen LogP contribution < -0.4 is 10.2 Å². The third kappa shape index (κ3) is 3.63. The molecule has 5 heteroatoms. The van der Waals surface area contributed by atoms with Crippen LogP contribution in [0.2, 0.25) is 0 Å². The van der Waals surface area contributed by atoms with Crippen LogP contribution in [0.3, 0.4) is 0 Å². The van der Waals surface area contributed by atoms with Crippen LogP contribution in [0.25, 0.3) is 10.9 Å². The summed E-state index contributed by atoms with van der Waals surface area (Å²) in [6.07, 6.45) is 4.76. The number of benzene rings is 2. The monoisotopic (exact) mass is 360 g/mol. The lowest BCUT2D eigenvalue weighted by Gasteiger charge is -2.19. The lowest BCUT2D eigenvalue weighted by Crippen LogP contribution is -2.21. The Labute approximate surface area is 159 Å². The Morgan fingerprint density at radius 2 is 1.89 bits per heavy atom. The summed E-state index contributed by atoms with van der Waals surface area (Å²) in [5.41, 5.74) is 2.73. The van der Waals surface area contributed by atoms with Crippen molar-refractivity contribution in [3.05, 3.63) is 60.4 Å². The zero-order chi connectivity index (χ0) is 18.6. The molecule has 0 aliphatic carbocycles. The number of fused-ring (bicyclic) bond motifs is 1. The van der Waals surface area contributed by atoms with Crippen LogP contribution >= 0.6 is 0 Å². The third-order valence-corrected chi connectivity index (χ3v) is 5.21. The molecule has 1 N–H and O–H groups in total. The van der Waals surface area contributed by atoms with E-state index in [9.17, 15) is 4.79 Å². The number of hydrogen-bond donors (Lipinski definition) is 1. The highest BCUT2D eigenvalue weighted by Crippen LogP contribution is 2.29. The maximum absolute atomic E-state index is 12.9. The number of anilines is 2. The van der Waals surface area contributed by atoms with Crippen molar-refractivity contribution in [3.8, 4) is 0 Å². The molecule has 1 aliphatic heterocycles. The van der Waals surface area contributed by atoms with Gasteiger partial charge in [0.15, 0.2) is 0 Å². The number of nitrogens with zero attached hydrogens (tertiary/aromatic N) is 3. The molecule has 4 rings (SSSR count). The van der Waals surface area contributed by atoms with Crippen molar-refractivity contribution in [2.24, 2.45) is 0 Å². The van der Waals surface area contributed by atoms with Crippen molar-refractivity contribution < 1.29 is 4.79 Å². The van der Waals surface area contributed by atoms with Crippen molar-refractivity contribution in [2.75, 3.05) is 23.3 Å². The molecule has 2 aromatic carbocycles. The van der Waals surface area contributed by atoms with Gasteiger partial charge in [0.05, 0.1) is 11.4 Å². The molecule has 27 heavy (non-hydrogen) atoms. The second kappa shape index (κ2) is 7.74. The minimum absolute atomic E-state index is 0.0163. The number of carbonyl (C=O) groups excluding carboxylic acids is 1. The normalized spacial score (nSPS) is 15.1. The zero-order valence-electron chi connectivity index (χ0n) is 15.6. The predicted octanol–water partition coefficient (Wildman–Crippen LogP) is 4.36. The predicted molar refractivity (Wildman–Crippen MR) is 109 cm³/mol. The number of rotatable bonds is 5. The fraction of sp³-hybridized carbons (Fsp3) is 0.318. The molecule has 1 aliphatic rings. The standard InChI is InChI=1S/C22H24N4O/c1-2-18(16-8-4-3-5-9-16)22(27)25-17-10-11-20-19(14-17)21(24-15-23-20)26-12-6-7-13-26/h3-5,8-11,14-15,18H,2,6-7,12-13H2,1H3,(H,25,27)/t18-/m0/s1. The lowest BCUT2D eigenvalue weighted by molar-refractivity contribution is -0.117. The van der Waals surface area contributed by atoms with Crippen molar-refractivity contribution >= 4 is 28.3 Å². The number of carbonyl (C=O) groups is 1. The van der Waals surface area contributed by atoms with Gasteiger partial charge >= 0.3 is 0 Å². The van der Waals surface area contributed by atoms with Crippen LogP contribution in [-0.2, 0) is 4.79 Å². The van der Waals surface area contributed by atoms with Gasteiger partial charge < -0.3 is 10.2 Å². The summed E-state index contributed by atoms with van der Waals surface area (Å²) < 4.78 is 0. The Hall–Kier alpha value is -2.95. The van der Waals surface area contributed by atoms with Gasteiger partial charge in [-0.25, -0.2) is 9.97 Å². The lowest BCUT2D eigenvalue weighted by atomic mass is 9.95. The van der Waals surface area contributed by atoms with E-state index >= 15 is 0 Å². The molecule has 1 amide bonds. The molecule has 1 fully saturated rings. The quantitative estimate of drug-likeness (QED) is 0.734. The minimum atomic E-state index is -0.160. The van der Waals surface area contributed by atoms with Crippen molar-refractivity contribution in [1.29, 1.82) is 0 Å². The zero-order valence-corrected chi connectivity index (χ0v) is 15.6. The van der Waals surface area contributed by atoms with Gasteiger partial charge in [-0.15, -0.1) is 0 Å². The first kappa shape index (κ1) is 17.5. The maximum atomic E-state index is 12.9. The first-order chi connectivity index (χ1) is 13.3. The Morgan fingerprint density at radius 1 is 1.11 bits per heavy atom. The van der Waals surface area contributed by atoms with Gasteiger partial charge in [-0.1, -0.05) is 37.3 Å². The van der Waals surface area contributed by atoms with Crippen LogP contribution in [0.4, 0.5) is 11.5 Å². The fourth-order valence-corrected chi connectivity index (χ4v) is 3.79. The van der Waals surface area contributed by atoms with Gasteiger partial charge in [-0.05, 0) is 43.0 Å². The Kier molecular flexibility index (Phi) is 5.01. The van der Waals surface area contributed by atoms with Crippen molar-refractivity contribution in [3.63, 3.8) is 0 Å². The highest BCUT2D eigenvalue weighted by atomic mass is 16.1. The van der Waals surface area contributed by atoms with E-state index in [1.807, 2.05) is 55.5 Å². The van der Waals surface area contributed by atoms with Crippen molar-refractivity contribution in [1.82, 2.24) is 9.97 Å². The molecule has 0 spiro atoms. The van der Waals surface area contributed by atoms with E-state index in [2.05, 4.69) is 20.2 Å². The maximum Gasteiger partial charge on any atom is 0.231 e. The number of nitrogens with one attached hydrogen (secondary N) is 1. The summed E-state index contributed by atoms with van der Waals surface area (Å²) in [6, 6.07) is 15.8. The van der Waals surface area contributed by atoms with E-state index in [-0.39, 0.29) is 11.8 Å². The minimum Gasteiger partial charge on any atom is -0.356 e. The topological polar surface area (TPSA) is 58.1 Å². The molecule has 0 saturated carbocycles. The smallest absolute Gasteiger partial charge is 0.231 e. The first-order valence-corrected chi connectivity index (χ1v) is 9.62. The molecule has 2 heterocycles. The number of aromatic nitrogens is 2. The van der Waals surface area contributed by atoms with E-state index in [1.165, 1.54) is 12.8 Å². The molecule has 0 radical (unpaired) electrons. The van der Waals surface area contributed by atoms with Gasteiger partial charge in [-0.3, -0.25) is 4.79 Å². The molecule has 1 saturated heterocycles. The summed E-state index contributed by atoms with van der Waals surface area (Å²) >= 11 is 0. The molecule has 3 aromatic rings. The molecular formula is C22H24N4O. The molecule has 1 atom stereocenters. The van der Waals surface area contributed by atoms with Gasteiger partial charge in [0.2, 0.25) is 5.91 Å². The van der Waals surface area contributed by atoms with Crippen LogP contribution in [0, 0.1) is 0 Å². The average Bonchev–Trinajstić information content (AvgIpc) is 3.23. The number of amides is 1. The number of hydrogen-bond acceptors (Lipinski definition) is 4. The summed E-state index contributed by atoms with van der Waals surface area (Å²) in [6.45, 7) is 4.08. The fourth-order valence-electron chi connectivity index (χ4n) is 3.79. The Morgan fingerprint density at radius 3 is 2.63 bits per heavy atom. The molecule has 138 valence electrons. The molecular weight excluding hydrogens is 336 g/mol. The van der Waals surface area contributed by atoms with E-state index in [4.69, 9.17) is 0 Å². The summed E-state index contributed by atoms with van der Waals surface area (Å²) in [7, 11) is 0. The van der Waals surface area contributed by atoms with E-state index in [0.29, 0.717) is 0 Å². The largest absolute Gasteiger partial charge is 0.356 e. The second-order valence-corrected chi connectivity index (χ2v) is 6.98. The molecule has 5 nitrogen and oxygen atoms in total.